The lowest BCUT2D eigenvalue weighted by atomic mass is 9.86. The normalized spacial score (nSPS) is 15.4. The van der Waals surface area contributed by atoms with Crippen LogP contribution < -0.4 is 10.1 Å². The second kappa shape index (κ2) is 11.2. The molecule has 1 aliphatic heterocycles. The molecule has 1 saturated heterocycles. The van der Waals surface area contributed by atoms with E-state index in [0.29, 0.717) is 29.1 Å². The first-order valence-electron chi connectivity index (χ1n) is 12.2. The summed E-state index contributed by atoms with van der Waals surface area (Å²) >= 11 is 5.93. The molecule has 6 nitrogen and oxygen atoms in total. The number of halogens is 1. The molecule has 7 heteroatoms. The van der Waals surface area contributed by atoms with E-state index in [1.54, 1.807) is 24.3 Å². The molecule has 3 aromatic rings. The summed E-state index contributed by atoms with van der Waals surface area (Å²) in [6.45, 7) is 9.57. The maximum absolute atomic E-state index is 9.61. The van der Waals surface area contributed by atoms with Gasteiger partial charge in [-0.25, -0.2) is 0 Å². The quantitative estimate of drug-likeness (QED) is 0.376. The molecule has 0 unspecified atom stereocenters. The highest BCUT2D eigenvalue weighted by Crippen LogP contribution is 2.29. The van der Waals surface area contributed by atoms with E-state index in [4.69, 9.17) is 20.8 Å². The Morgan fingerprint density at radius 2 is 1.77 bits per heavy atom. The number of benzene rings is 2. The molecule has 2 heterocycles. The van der Waals surface area contributed by atoms with Crippen LogP contribution in [-0.2, 0) is 12.0 Å². The number of nitrogens with one attached hydrogen (secondary N) is 1. The number of nitriles is 1. The van der Waals surface area contributed by atoms with Gasteiger partial charge in [0.1, 0.15) is 11.8 Å². The Hall–Kier alpha value is -3.01. The molecular weight excluding hydrogens is 460 g/mol. The van der Waals surface area contributed by atoms with E-state index >= 15 is 0 Å². The Labute approximate surface area is 212 Å². The van der Waals surface area contributed by atoms with Crippen molar-refractivity contribution in [3.63, 3.8) is 0 Å². The largest absolute Gasteiger partial charge is 0.484 e. The fourth-order valence-corrected chi connectivity index (χ4v) is 4.51. The molecule has 1 N–H and O–H groups in total. The standard InChI is InChI=1S/C28H33ClN4O2/c1-28(2,3)21-9-7-20(8-10-21)25(33-15-5-4-6-16-33)18-31-27-24(17-30)32-26(35-27)19-34-23-13-11-22(29)12-14-23/h7-14,25,31H,4-6,15-16,18-19H2,1-3H3/t25-/m1/s1. The molecule has 2 aromatic carbocycles. The van der Waals surface area contributed by atoms with Gasteiger partial charge in [-0.15, -0.1) is 0 Å². The third-order valence-electron chi connectivity index (χ3n) is 6.40. The van der Waals surface area contributed by atoms with E-state index in [9.17, 15) is 5.26 Å². The van der Waals surface area contributed by atoms with Gasteiger partial charge in [0, 0.05) is 11.6 Å². The molecule has 184 valence electrons. The van der Waals surface area contributed by atoms with Crippen molar-refractivity contribution in [3.8, 4) is 11.8 Å². The molecule has 0 saturated carbocycles. The van der Waals surface area contributed by atoms with Gasteiger partial charge in [-0.3, -0.25) is 4.90 Å². The number of likely N-dealkylation sites (tertiary alicyclic amines) is 1. The van der Waals surface area contributed by atoms with Crippen LogP contribution in [0.25, 0.3) is 0 Å². The minimum Gasteiger partial charge on any atom is -0.484 e. The number of nitrogens with zero attached hydrogens (tertiary/aromatic N) is 3. The molecular formula is C28H33ClN4O2. The average Bonchev–Trinajstić information content (AvgIpc) is 3.26. The van der Waals surface area contributed by atoms with Gasteiger partial charge >= 0.3 is 0 Å². The summed E-state index contributed by atoms with van der Waals surface area (Å²) in [5.74, 6) is 1.39. The summed E-state index contributed by atoms with van der Waals surface area (Å²) < 4.78 is 11.6. The third-order valence-corrected chi connectivity index (χ3v) is 6.65. The number of piperidine rings is 1. The molecule has 4 rings (SSSR count). The van der Waals surface area contributed by atoms with Crippen molar-refractivity contribution in [2.45, 2.75) is 58.1 Å². The number of ether oxygens (including phenoxy) is 1. The van der Waals surface area contributed by atoms with Crippen LogP contribution in [0, 0.1) is 11.3 Å². The predicted molar refractivity (Wildman–Crippen MR) is 139 cm³/mol. The Morgan fingerprint density at radius 1 is 1.09 bits per heavy atom. The van der Waals surface area contributed by atoms with Crippen molar-refractivity contribution in [1.29, 1.82) is 5.26 Å². The molecule has 0 spiro atoms. The highest BCUT2D eigenvalue weighted by molar-refractivity contribution is 6.30. The van der Waals surface area contributed by atoms with Crippen molar-refractivity contribution < 1.29 is 9.15 Å². The number of rotatable bonds is 8. The summed E-state index contributed by atoms with van der Waals surface area (Å²) in [5.41, 5.74) is 2.93. The Morgan fingerprint density at radius 3 is 2.40 bits per heavy atom. The molecule has 1 fully saturated rings. The first kappa shape index (κ1) is 25.1. The second-order valence-electron chi connectivity index (χ2n) is 10.0. The van der Waals surface area contributed by atoms with Gasteiger partial charge in [0.15, 0.2) is 6.61 Å². The highest BCUT2D eigenvalue weighted by atomic mass is 35.5. The Kier molecular flexibility index (Phi) is 8.00. The van der Waals surface area contributed by atoms with Gasteiger partial charge in [-0.2, -0.15) is 10.2 Å². The van der Waals surface area contributed by atoms with Crippen molar-refractivity contribution in [1.82, 2.24) is 9.88 Å². The van der Waals surface area contributed by atoms with Crippen LogP contribution in [0.15, 0.2) is 52.9 Å². The van der Waals surface area contributed by atoms with Crippen LogP contribution in [-0.4, -0.2) is 29.5 Å². The van der Waals surface area contributed by atoms with E-state index in [0.717, 1.165) is 13.1 Å². The Bertz CT molecular complexity index is 1140. The molecule has 1 aromatic heterocycles. The molecule has 0 amide bonds. The van der Waals surface area contributed by atoms with Crippen LogP contribution in [0.4, 0.5) is 5.88 Å². The van der Waals surface area contributed by atoms with Crippen molar-refractivity contribution in [2.24, 2.45) is 0 Å². The zero-order valence-electron chi connectivity index (χ0n) is 20.7. The maximum Gasteiger partial charge on any atom is 0.236 e. The minimum atomic E-state index is 0.115. The monoisotopic (exact) mass is 492 g/mol. The average molecular weight is 493 g/mol. The molecule has 0 bridgehead atoms. The number of anilines is 1. The van der Waals surface area contributed by atoms with E-state index in [1.807, 2.05) is 0 Å². The van der Waals surface area contributed by atoms with E-state index in [1.165, 1.54) is 30.4 Å². The smallest absolute Gasteiger partial charge is 0.236 e. The number of hydrogen-bond acceptors (Lipinski definition) is 6. The molecule has 0 radical (unpaired) electrons. The van der Waals surface area contributed by atoms with Crippen molar-refractivity contribution in [2.75, 3.05) is 25.0 Å². The maximum atomic E-state index is 9.61. The lowest BCUT2D eigenvalue weighted by Crippen LogP contribution is -2.37. The minimum absolute atomic E-state index is 0.115. The van der Waals surface area contributed by atoms with Crippen LogP contribution >= 0.6 is 11.6 Å². The first-order valence-corrected chi connectivity index (χ1v) is 12.6. The van der Waals surface area contributed by atoms with E-state index < -0.39 is 0 Å². The fourth-order valence-electron chi connectivity index (χ4n) is 4.38. The van der Waals surface area contributed by atoms with Gasteiger partial charge in [0.05, 0.1) is 6.04 Å². The lowest BCUT2D eigenvalue weighted by Gasteiger charge is -2.35. The van der Waals surface area contributed by atoms with Gasteiger partial charge < -0.3 is 14.5 Å². The zero-order valence-corrected chi connectivity index (χ0v) is 21.4. The van der Waals surface area contributed by atoms with Crippen LogP contribution in [0.5, 0.6) is 5.75 Å². The molecule has 35 heavy (non-hydrogen) atoms. The van der Waals surface area contributed by atoms with Crippen molar-refractivity contribution >= 4 is 17.5 Å². The summed E-state index contributed by atoms with van der Waals surface area (Å²) in [5, 5.41) is 13.6. The first-order chi connectivity index (χ1) is 16.8. The summed E-state index contributed by atoms with van der Waals surface area (Å²) in [6, 6.07) is 18.3. The zero-order chi connectivity index (χ0) is 24.8. The van der Waals surface area contributed by atoms with Crippen LogP contribution in [0.2, 0.25) is 5.02 Å². The number of aromatic nitrogens is 1. The third kappa shape index (κ3) is 6.56. The van der Waals surface area contributed by atoms with Crippen LogP contribution in [0.3, 0.4) is 0 Å². The van der Waals surface area contributed by atoms with Gasteiger partial charge in [-0.05, 0) is 66.7 Å². The Balaban J connectivity index is 1.47. The topological polar surface area (TPSA) is 74.3 Å². The number of hydrogen-bond donors (Lipinski definition) is 1. The van der Waals surface area contributed by atoms with Crippen LogP contribution in [0.1, 0.15) is 68.8 Å². The molecule has 1 aliphatic rings. The van der Waals surface area contributed by atoms with Crippen molar-refractivity contribution in [3.05, 3.63) is 76.3 Å². The summed E-state index contributed by atoms with van der Waals surface area (Å²) in [4.78, 5) is 6.83. The predicted octanol–water partition coefficient (Wildman–Crippen LogP) is 6.72. The molecule has 0 aliphatic carbocycles. The van der Waals surface area contributed by atoms with E-state index in [2.05, 4.69) is 66.3 Å². The fraction of sp³-hybridized carbons (Fsp3) is 0.429. The summed E-state index contributed by atoms with van der Waals surface area (Å²) in [6.07, 6.45) is 3.68. The highest BCUT2D eigenvalue weighted by Gasteiger charge is 2.24. The summed E-state index contributed by atoms with van der Waals surface area (Å²) in [7, 11) is 0. The molecule has 1 atom stereocenters. The second-order valence-corrected chi connectivity index (χ2v) is 10.4. The van der Waals surface area contributed by atoms with E-state index in [-0.39, 0.29) is 23.8 Å². The van der Waals surface area contributed by atoms with Gasteiger partial charge in [0.25, 0.3) is 0 Å². The van der Waals surface area contributed by atoms with Gasteiger partial charge in [0.2, 0.25) is 17.5 Å². The SMILES string of the molecule is CC(C)(C)c1ccc([C@@H](CNc2oc(COc3ccc(Cl)cc3)nc2C#N)N2CCCCC2)cc1. The lowest BCUT2D eigenvalue weighted by molar-refractivity contribution is 0.170. The number of oxazole rings is 1. The van der Waals surface area contributed by atoms with Gasteiger partial charge in [-0.1, -0.05) is 63.1 Å².